The molecule has 1 aromatic rings. The fraction of sp³-hybridized carbons (Fsp3) is 0.200. The summed E-state index contributed by atoms with van der Waals surface area (Å²) in [5.41, 5.74) is 0. The summed E-state index contributed by atoms with van der Waals surface area (Å²) in [7, 11) is 0. The van der Waals surface area contributed by atoms with Crippen LogP contribution >= 0.6 is 45.8 Å². The molecule has 0 fully saturated rings. The van der Waals surface area contributed by atoms with Crippen LogP contribution in [0.15, 0.2) is 18.5 Å². The fourth-order valence-corrected chi connectivity index (χ4v) is 0.919. The van der Waals surface area contributed by atoms with Gasteiger partial charge in [0.1, 0.15) is 0 Å². The van der Waals surface area contributed by atoms with E-state index in [9.17, 15) is 0 Å². The lowest BCUT2D eigenvalue weighted by Crippen LogP contribution is -2.04. The van der Waals surface area contributed by atoms with Crippen molar-refractivity contribution < 1.29 is 0 Å². The van der Waals surface area contributed by atoms with E-state index in [1.807, 2.05) is 22.6 Å². The first-order valence-corrected chi connectivity index (χ1v) is 4.28. The highest BCUT2D eigenvalue weighted by atomic mass is 127. The third kappa shape index (κ3) is 2.21. The summed E-state index contributed by atoms with van der Waals surface area (Å²) in [5.74, 6) is 0.416. The van der Waals surface area contributed by atoms with Gasteiger partial charge in [-0.05, 0) is 28.7 Å². The number of halogens is 3. The molecule has 0 aromatic carbocycles. The van der Waals surface area contributed by atoms with Gasteiger partial charge in [-0.3, -0.25) is 0 Å². The van der Waals surface area contributed by atoms with Gasteiger partial charge in [0.15, 0.2) is 5.82 Å². The zero-order chi connectivity index (χ0) is 7.61. The van der Waals surface area contributed by atoms with Crippen molar-refractivity contribution in [2.45, 2.75) is 2.34 Å². The first-order chi connectivity index (χ1) is 4.61. The summed E-state index contributed by atoms with van der Waals surface area (Å²) in [6, 6.07) is 1.71. The van der Waals surface area contributed by atoms with Gasteiger partial charge < -0.3 is 0 Å². The average Bonchev–Trinajstić information content (AvgIpc) is 1.88. The van der Waals surface area contributed by atoms with Crippen molar-refractivity contribution in [3.63, 3.8) is 0 Å². The molecule has 2 nitrogen and oxygen atoms in total. The Kier molecular flexibility index (Phi) is 2.71. The quantitative estimate of drug-likeness (QED) is 0.586. The van der Waals surface area contributed by atoms with E-state index in [1.54, 1.807) is 18.5 Å². The van der Waals surface area contributed by atoms with Crippen LogP contribution in [-0.4, -0.2) is 9.97 Å². The Morgan fingerprint density at radius 2 is 1.80 bits per heavy atom. The topological polar surface area (TPSA) is 25.8 Å². The third-order valence-corrected chi connectivity index (χ3v) is 1.64. The highest BCUT2D eigenvalue weighted by Gasteiger charge is 2.24. The van der Waals surface area contributed by atoms with Gasteiger partial charge >= 0.3 is 0 Å². The molecule has 0 amide bonds. The van der Waals surface area contributed by atoms with Crippen molar-refractivity contribution in [3.8, 4) is 0 Å². The van der Waals surface area contributed by atoms with Gasteiger partial charge in [0, 0.05) is 12.4 Å². The molecule has 10 heavy (non-hydrogen) atoms. The van der Waals surface area contributed by atoms with Crippen molar-refractivity contribution in [3.05, 3.63) is 24.3 Å². The van der Waals surface area contributed by atoms with E-state index >= 15 is 0 Å². The molecule has 5 heteroatoms. The van der Waals surface area contributed by atoms with Crippen LogP contribution < -0.4 is 0 Å². The minimum atomic E-state index is -1.01. The molecule has 0 spiro atoms. The summed E-state index contributed by atoms with van der Waals surface area (Å²) in [5, 5.41) is 0. The van der Waals surface area contributed by atoms with Gasteiger partial charge in [0.2, 0.25) is 2.34 Å². The van der Waals surface area contributed by atoms with Gasteiger partial charge in [-0.15, -0.1) is 0 Å². The molecular weight excluding hydrogens is 286 g/mol. The zero-order valence-electron chi connectivity index (χ0n) is 4.76. The number of aromatic nitrogens is 2. The van der Waals surface area contributed by atoms with Gasteiger partial charge in [-0.25, -0.2) is 9.97 Å². The first kappa shape index (κ1) is 8.49. The van der Waals surface area contributed by atoms with Gasteiger partial charge in [0.05, 0.1) is 0 Å². The van der Waals surface area contributed by atoms with Gasteiger partial charge in [-0.2, -0.15) is 0 Å². The first-order valence-electron chi connectivity index (χ1n) is 2.45. The number of alkyl halides is 3. The molecule has 0 aliphatic carbocycles. The van der Waals surface area contributed by atoms with E-state index < -0.39 is 2.34 Å². The molecule has 0 radical (unpaired) electrons. The smallest absolute Gasteiger partial charge is 0.226 e. The Morgan fingerprint density at radius 3 is 2.10 bits per heavy atom. The summed E-state index contributed by atoms with van der Waals surface area (Å²) in [6.07, 6.45) is 3.20. The maximum absolute atomic E-state index is 5.69. The van der Waals surface area contributed by atoms with E-state index in [1.165, 1.54) is 0 Å². The van der Waals surface area contributed by atoms with Crippen molar-refractivity contribution in [2.24, 2.45) is 0 Å². The molecule has 1 heterocycles. The number of nitrogens with zero attached hydrogens (tertiary/aromatic N) is 2. The lowest BCUT2D eigenvalue weighted by atomic mass is 10.6. The molecule has 0 unspecified atom stereocenters. The molecular formula is C5H3Cl2IN2. The molecule has 0 aliphatic rings. The molecule has 0 bridgehead atoms. The molecule has 0 atom stereocenters. The molecule has 1 aromatic heterocycles. The summed E-state index contributed by atoms with van der Waals surface area (Å²) >= 11 is 13.2. The maximum Gasteiger partial charge on any atom is 0.226 e. The lowest BCUT2D eigenvalue weighted by Gasteiger charge is -2.06. The average molecular weight is 289 g/mol. The molecule has 0 aliphatic heterocycles. The van der Waals surface area contributed by atoms with Gasteiger partial charge in [0.25, 0.3) is 0 Å². The van der Waals surface area contributed by atoms with Crippen molar-refractivity contribution in [1.82, 2.24) is 9.97 Å². The van der Waals surface area contributed by atoms with Crippen LogP contribution in [0.2, 0.25) is 0 Å². The minimum Gasteiger partial charge on any atom is -0.238 e. The Morgan fingerprint density at radius 1 is 1.30 bits per heavy atom. The highest BCUT2D eigenvalue weighted by molar-refractivity contribution is 14.1. The summed E-state index contributed by atoms with van der Waals surface area (Å²) < 4.78 is -1.01. The van der Waals surface area contributed by atoms with E-state index in [0.717, 1.165) is 0 Å². The Hall–Kier alpha value is 0.390. The molecule has 0 saturated carbocycles. The van der Waals surface area contributed by atoms with E-state index in [0.29, 0.717) is 5.82 Å². The molecule has 54 valence electrons. The Bertz CT molecular complexity index is 209. The highest BCUT2D eigenvalue weighted by Crippen LogP contribution is 2.37. The standard InChI is InChI=1S/C5H3Cl2IN2/c6-5(7,8)4-9-2-1-3-10-4/h1-3H. The Labute approximate surface area is 82.1 Å². The maximum atomic E-state index is 5.69. The SMILES string of the molecule is ClC(Cl)(I)c1ncccn1. The van der Waals surface area contributed by atoms with Gasteiger partial charge in [-0.1, -0.05) is 23.2 Å². The predicted molar refractivity (Wildman–Crippen MR) is 49.4 cm³/mol. The molecule has 0 N–H and O–H groups in total. The number of rotatable bonds is 1. The van der Waals surface area contributed by atoms with Crippen LogP contribution in [0, 0.1) is 0 Å². The minimum absolute atomic E-state index is 0.416. The number of hydrogen-bond donors (Lipinski definition) is 0. The second kappa shape index (κ2) is 3.19. The van der Waals surface area contributed by atoms with E-state index in [-0.39, 0.29) is 0 Å². The van der Waals surface area contributed by atoms with E-state index in [4.69, 9.17) is 23.2 Å². The van der Waals surface area contributed by atoms with Crippen LogP contribution in [0.5, 0.6) is 0 Å². The lowest BCUT2D eigenvalue weighted by molar-refractivity contribution is 0.996. The second-order valence-corrected chi connectivity index (χ2v) is 5.79. The summed E-state index contributed by atoms with van der Waals surface area (Å²) in [4.78, 5) is 7.74. The summed E-state index contributed by atoms with van der Waals surface area (Å²) in [6.45, 7) is 0. The van der Waals surface area contributed by atoms with E-state index in [2.05, 4.69) is 9.97 Å². The van der Waals surface area contributed by atoms with Crippen LogP contribution in [0.4, 0.5) is 0 Å². The Balaban J connectivity index is 2.97. The zero-order valence-corrected chi connectivity index (χ0v) is 8.43. The largest absolute Gasteiger partial charge is 0.238 e. The molecule has 1 rings (SSSR count). The fourth-order valence-electron chi connectivity index (χ4n) is 0.445. The van der Waals surface area contributed by atoms with Crippen molar-refractivity contribution >= 4 is 45.8 Å². The van der Waals surface area contributed by atoms with Crippen LogP contribution in [0.3, 0.4) is 0 Å². The van der Waals surface area contributed by atoms with Crippen molar-refractivity contribution in [2.75, 3.05) is 0 Å². The van der Waals surface area contributed by atoms with Crippen LogP contribution in [0.25, 0.3) is 0 Å². The van der Waals surface area contributed by atoms with Crippen LogP contribution in [-0.2, 0) is 2.34 Å². The third-order valence-electron chi connectivity index (χ3n) is 0.819. The molecule has 0 saturated heterocycles. The number of hydrogen-bond acceptors (Lipinski definition) is 2. The van der Waals surface area contributed by atoms with Crippen LogP contribution in [0.1, 0.15) is 5.82 Å². The second-order valence-electron chi connectivity index (χ2n) is 1.57. The monoisotopic (exact) mass is 288 g/mol. The predicted octanol–water partition coefficient (Wildman–Crippen LogP) is 2.50. The van der Waals surface area contributed by atoms with Crippen molar-refractivity contribution in [1.29, 1.82) is 0 Å². The normalized spacial score (nSPS) is 11.5.